The number of benzene rings is 7. The van der Waals surface area contributed by atoms with Gasteiger partial charge in [-0.25, -0.2) is 0 Å². The van der Waals surface area contributed by atoms with Crippen LogP contribution in [0.1, 0.15) is 24.5 Å². The molecule has 1 aliphatic carbocycles. The largest absolute Gasteiger partial charge is 0.311 e. The fourth-order valence-corrected chi connectivity index (χ4v) is 7.51. The third-order valence-corrected chi connectivity index (χ3v) is 9.93. The minimum Gasteiger partial charge on any atom is -0.311 e. The minimum atomic E-state index is 0.889. The smallest absolute Gasteiger partial charge is 0.0462 e. The van der Waals surface area contributed by atoms with Crippen molar-refractivity contribution in [3.8, 4) is 22.3 Å². The van der Waals surface area contributed by atoms with Gasteiger partial charge in [0.15, 0.2) is 0 Å². The Morgan fingerprint density at radius 3 is 1.37 bits per heavy atom. The molecule has 7 aromatic carbocycles. The van der Waals surface area contributed by atoms with Crippen molar-refractivity contribution in [3.63, 3.8) is 0 Å². The topological polar surface area (TPSA) is 6.48 Å². The summed E-state index contributed by atoms with van der Waals surface area (Å²) in [7, 11) is 0. The van der Waals surface area contributed by atoms with Crippen LogP contribution in [-0.4, -0.2) is 0 Å². The van der Waals surface area contributed by atoms with Crippen molar-refractivity contribution < 1.29 is 0 Å². The van der Waals surface area contributed by atoms with Crippen LogP contribution in [0.2, 0.25) is 0 Å². The van der Waals surface area contributed by atoms with Gasteiger partial charge >= 0.3 is 0 Å². The van der Waals surface area contributed by atoms with Crippen LogP contribution in [-0.2, 0) is 0 Å². The predicted octanol–water partition coefficient (Wildman–Crippen LogP) is 14.9. The lowest BCUT2D eigenvalue weighted by Gasteiger charge is -2.27. The van der Waals surface area contributed by atoms with Crippen LogP contribution in [0.15, 0.2) is 213 Å². The van der Waals surface area contributed by atoms with Gasteiger partial charge < -0.3 is 9.80 Å². The maximum absolute atomic E-state index is 4.16. The van der Waals surface area contributed by atoms with E-state index in [1.807, 2.05) is 19.1 Å². The molecule has 54 heavy (non-hydrogen) atoms. The molecule has 0 aromatic heterocycles. The summed E-state index contributed by atoms with van der Waals surface area (Å²) in [4.78, 5) is 4.56. The third kappa shape index (κ3) is 6.74. The van der Waals surface area contributed by atoms with Crippen LogP contribution in [0.5, 0.6) is 0 Å². The average Bonchev–Trinajstić information content (AvgIpc) is 3.49. The van der Waals surface area contributed by atoms with E-state index in [-0.39, 0.29) is 0 Å². The first-order chi connectivity index (χ1) is 26.7. The van der Waals surface area contributed by atoms with E-state index < -0.39 is 0 Å². The molecule has 0 saturated carbocycles. The highest BCUT2D eigenvalue weighted by atomic mass is 15.1. The molecule has 0 fully saturated rings. The van der Waals surface area contributed by atoms with Crippen molar-refractivity contribution in [2.75, 3.05) is 9.80 Å². The molecule has 2 heteroatoms. The molecular weight excluding hydrogens is 653 g/mol. The van der Waals surface area contributed by atoms with Crippen molar-refractivity contribution in [1.29, 1.82) is 0 Å². The Bertz CT molecular complexity index is 2470. The molecule has 0 radical (unpaired) electrons. The zero-order valence-electron chi connectivity index (χ0n) is 30.5. The molecule has 0 amide bonds. The molecule has 0 atom stereocenters. The van der Waals surface area contributed by atoms with Gasteiger partial charge in [-0.1, -0.05) is 146 Å². The lowest BCUT2D eigenvalue weighted by Crippen LogP contribution is -2.14. The Kier molecular flexibility index (Phi) is 9.99. The summed E-state index contributed by atoms with van der Waals surface area (Å²) in [5, 5.41) is 2.47. The number of allylic oxidation sites excluding steroid dienone is 6. The molecule has 0 N–H and O–H groups in total. The Hall–Kier alpha value is -6.90. The summed E-state index contributed by atoms with van der Waals surface area (Å²) in [6.45, 7) is 6.19. The van der Waals surface area contributed by atoms with E-state index in [1.54, 1.807) is 0 Å². The summed E-state index contributed by atoms with van der Waals surface area (Å²) in [5.41, 5.74) is 13.9. The van der Waals surface area contributed by atoms with Gasteiger partial charge in [-0.05, 0) is 130 Å². The number of hydrogen-bond donors (Lipinski definition) is 0. The second-order valence-electron chi connectivity index (χ2n) is 13.3. The quantitative estimate of drug-likeness (QED) is 0.132. The second kappa shape index (κ2) is 15.8. The lowest BCUT2D eigenvalue weighted by molar-refractivity contribution is 1.21. The molecule has 0 saturated heterocycles. The molecule has 8 rings (SSSR count). The molecule has 0 heterocycles. The summed E-state index contributed by atoms with van der Waals surface area (Å²) in [6.07, 6.45) is 18.2. The minimum absolute atomic E-state index is 0.889. The van der Waals surface area contributed by atoms with Gasteiger partial charge in [0.05, 0.1) is 0 Å². The predicted molar refractivity (Wildman–Crippen MR) is 234 cm³/mol. The van der Waals surface area contributed by atoms with E-state index >= 15 is 0 Å². The lowest BCUT2D eigenvalue weighted by atomic mass is 9.83. The summed E-state index contributed by atoms with van der Waals surface area (Å²) >= 11 is 0. The first kappa shape index (κ1) is 34.2. The summed E-state index contributed by atoms with van der Waals surface area (Å²) in [5.74, 6) is 0. The summed E-state index contributed by atoms with van der Waals surface area (Å²) < 4.78 is 0. The molecule has 1 aliphatic rings. The zero-order valence-corrected chi connectivity index (χ0v) is 30.5. The number of nitrogens with zero attached hydrogens (tertiary/aromatic N) is 2. The second-order valence-corrected chi connectivity index (χ2v) is 13.3. The van der Waals surface area contributed by atoms with E-state index in [0.29, 0.717) is 0 Å². The summed E-state index contributed by atoms with van der Waals surface area (Å²) in [6, 6.07) is 58.5. The van der Waals surface area contributed by atoms with Crippen molar-refractivity contribution in [1.82, 2.24) is 0 Å². The van der Waals surface area contributed by atoms with Crippen LogP contribution >= 0.6 is 0 Å². The maximum atomic E-state index is 4.16. The normalized spacial score (nSPS) is 12.4. The highest BCUT2D eigenvalue weighted by Crippen LogP contribution is 2.45. The first-order valence-electron chi connectivity index (χ1n) is 18.6. The van der Waals surface area contributed by atoms with Crippen molar-refractivity contribution >= 4 is 51.4 Å². The molecule has 7 aromatic rings. The molecular formula is C52H42N2. The van der Waals surface area contributed by atoms with Gasteiger partial charge in [0.1, 0.15) is 0 Å². The van der Waals surface area contributed by atoms with Gasteiger partial charge in [-0.2, -0.15) is 0 Å². The van der Waals surface area contributed by atoms with Crippen molar-refractivity contribution in [2.24, 2.45) is 0 Å². The van der Waals surface area contributed by atoms with Gasteiger partial charge in [0.2, 0.25) is 0 Å². The van der Waals surface area contributed by atoms with Gasteiger partial charge in [0, 0.05) is 34.1 Å². The zero-order chi connectivity index (χ0) is 36.7. The van der Waals surface area contributed by atoms with E-state index in [2.05, 4.69) is 217 Å². The van der Waals surface area contributed by atoms with Crippen molar-refractivity contribution in [3.05, 3.63) is 224 Å². The monoisotopic (exact) mass is 694 g/mol. The Morgan fingerprint density at radius 1 is 0.500 bits per heavy atom. The van der Waals surface area contributed by atoms with Crippen LogP contribution < -0.4 is 9.80 Å². The fraction of sp³-hybridized carbons (Fsp3) is 0.0385. The average molecular weight is 695 g/mol. The molecule has 0 unspecified atom stereocenters. The van der Waals surface area contributed by atoms with E-state index in [4.69, 9.17) is 0 Å². The van der Waals surface area contributed by atoms with E-state index in [0.717, 1.165) is 40.6 Å². The number of fused-ring (bicyclic) bond motifs is 2. The van der Waals surface area contributed by atoms with E-state index in [1.165, 1.54) is 44.2 Å². The SMILES string of the molecule is C=C/C(=C\C=C/C)N(c1ccccc1)c1ccc(-c2c3c(c(-c4ccc(N(c5ccccc5)c5ccccc5)cc4)c4ccccc24)C=CCC=C3)cc1. The van der Waals surface area contributed by atoms with Crippen LogP contribution in [0, 0.1) is 0 Å². The third-order valence-electron chi connectivity index (χ3n) is 9.93. The van der Waals surface area contributed by atoms with Crippen LogP contribution in [0.3, 0.4) is 0 Å². The molecule has 0 spiro atoms. The number of hydrogen-bond acceptors (Lipinski definition) is 2. The van der Waals surface area contributed by atoms with Gasteiger partial charge in [-0.15, -0.1) is 0 Å². The van der Waals surface area contributed by atoms with Crippen LogP contribution in [0.25, 0.3) is 45.2 Å². The molecule has 0 bridgehead atoms. The number of anilines is 5. The maximum Gasteiger partial charge on any atom is 0.0462 e. The van der Waals surface area contributed by atoms with Gasteiger partial charge in [0.25, 0.3) is 0 Å². The van der Waals surface area contributed by atoms with Gasteiger partial charge in [-0.3, -0.25) is 0 Å². The Balaban J connectivity index is 1.26. The van der Waals surface area contributed by atoms with Crippen molar-refractivity contribution in [2.45, 2.75) is 13.3 Å². The van der Waals surface area contributed by atoms with Crippen LogP contribution in [0.4, 0.5) is 28.4 Å². The Labute approximate surface area is 319 Å². The first-order valence-corrected chi connectivity index (χ1v) is 18.6. The Morgan fingerprint density at radius 2 is 0.907 bits per heavy atom. The molecule has 260 valence electrons. The standard InChI is InChI=1S/C52H42N2/c1-3-5-20-41(4-2)53(42-21-10-6-11-22-42)45-35-31-39(32-36-45)51-47-27-16-9-17-28-48(47)52(50-30-19-18-29-49(50)51)40-33-37-46(38-34-40)54(43-23-12-7-13-24-43)44-25-14-8-15-26-44/h3-8,10-38H,2,9H2,1H3/b5-3-,41-20+. The molecule has 0 aliphatic heterocycles. The highest BCUT2D eigenvalue weighted by Gasteiger charge is 2.21. The fourth-order valence-electron chi connectivity index (χ4n) is 7.51. The highest BCUT2D eigenvalue weighted by molar-refractivity contribution is 6.12. The molecule has 2 nitrogen and oxygen atoms in total. The number of para-hydroxylation sites is 3. The number of rotatable bonds is 10. The van der Waals surface area contributed by atoms with E-state index in [9.17, 15) is 0 Å².